The molecule has 1 amide bonds. The molecule has 5 heteroatoms. The highest BCUT2D eigenvalue weighted by molar-refractivity contribution is 5.79. The van der Waals surface area contributed by atoms with Crippen molar-refractivity contribution in [2.75, 3.05) is 33.4 Å². The first-order valence-corrected chi connectivity index (χ1v) is 7.13. The van der Waals surface area contributed by atoms with Gasteiger partial charge >= 0.3 is 0 Å². The van der Waals surface area contributed by atoms with Crippen LogP contribution in [-0.4, -0.2) is 60.1 Å². The number of amides is 1. The van der Waals surface area contributed by atoms with Gasteiger partial charge in [0, 0.05) is 32.4 Å². The van der Waals surface area contributed by atoms with Crippen LogP contribution in [-0.2, 0) is 16.1 Å². The molecule has 2 saturated heterocycles. The molecular weight excluding hydrogens is 254 g/mol. The number of hydrogen-bond acceptors (Lipinski definition) is 4. The van der Waals surface area contributed by atoms with Crippen LogP contribution in [0.4, 0.5) is 0 Å². The van der Waals surface area contributed by atoms with Gasteiger partial charge in [0.15, 0.2) is 0 Å². The van der Waals surface area contributed by atoms with E-state index in [4.69, 9.17) is 4.74 Å². The summed E-state index contributed by atoms with van der Waals surface area (Å²) in [6, 6.07) is 6.25. The molecule has 2 aliphatic heterocycles. The van der Waals surface area contributed by atoms with Crippen LogP contribution in [0.25, 0.3) is 0 Å². The summed E-state index contributed by atoms with van der Waals surface area (Å²) in [5.74, 6) is 0.171. The lowest BCUT2D eigenvalue weighted by Crippen LogP contribution is -2.43. The molecular formula is C15H21N3O2. The Hall–Kier alpha value is -1.46. The van der Waals surface area contributed by atoms with E-state index in [9.17, 15) is 4.79 Å². The SMILES string of the molecule is Cc1cccc(CN2C[C@@H]3COC[C@H](C2)N(C)C3=O)n1. The molecule has 0 aromatic carbocycles. The van der Waals surface area contributed by atoms with Crippen molar-refractivity contribution in [3.05, 3.63) is 29.6 Å². The zero-order valence-electron chi connectivity index (χ0n) is 12.1. The number of aryl methyl sites for hydroxylation is 1. The molecule has 3 rings (SSSR count). The lowest BCUT2D eigenvalue weighted by atomic mass is 10.1. The normalized spacial score (nSPS) is 27.5. The summed E-state index contributed by atoms with van der Waals surface area (Å²) in [6.45, 7) is 5.60. The van der Waals surface area contributed by atoms with E-state index in [0.717, 1.165) is 31.0 Å². The van der Waals surface area contributed by atoms with Crippen LogP contribution in [0.1, 0.15) is 11.4 Å². The van der Waals surface area contributed by atoms with Gasteiger partial charge in [-0.25, -0.2) is 0 Å². The molecule has 1 aromatic heterocycles. The molecule has 0 radical (unpaired) electrons. The van der Waals surface area contributed by atoms with E-state index in [1.54, 1.807) is 0 Å². The van der Waals surface area contributed by atoms with Crippen LogP contribution in [0.3, 0.4) is 0 Å². The number of carbonyl (C=O) groups is 1. The number of rotatable bonds is 2. The van der Waals surface area contributed by atoms with Crippen molar-refractivity contribution in [3.63, 3.8) is 0 Å². The van der Waals surface area contributed by atoms with Crippen molar-refractivity contribution in [3.8, 4) is 0 Å². The quantitative estimate of drug-likeness (QED) is 0.796. The van der Waals surface area contributed by atoms with Crippen LogP contribution in [0.2, 0.25) is 0 Å². The second-order valence-electron chi connectivity index (χ2n) is 5.80. The van der Waals surface area contributed by atoms with Crippen molar-refractivity contribution in [1.29, 1.82) is 0 Å². The van der Waals surface area contributed by atoms with Crippen molar-refractivity contribution >= 4 is 5.91 Å². The van der Waals surface area contributed by atoms with Crippen LogP contribution in [0.15, 0.2) is 18.2 Å². The minimum atomic E-state index is -0.0442. The van der Waals surface area contributed by atoms with Gasteiger partial charge in [-0.05, 0) is 19.1 Å². The molecule has 0 saturated carbocycles. The minimum Gasteiger partial charge on any atom is -0.378 e. The first-order chi connectivity index (χ1) is 9.63. The number of nitrogens with zero attached hydrogens (tertiary/aromatic N) is 3. The van der Waals surface area contributed by atoms with Gasteiger partial charge in [-0.1, -0.05) is 6.07 Å². The molecule has 1 aromatic rings. The van der Waals surface area contributed by atoms with E-state index in [2.05, 4.69) is 16.0 Å². The highest BCUT2D eigenvalue weighted by Gasteiger charge is 2.37. The summed E-state index contributed by atoms with van der Waals surface area (Å²) < 4.78 is 5.62. The molecule has 2 aliphatic rings. The second-order valence-corrected chi connectivity index (χ2v) is 5.80. The number of likely N-dealkylation sites (N-methyl/N-ethyl adjacent to an activating group) is 1. The molecule has 2 atom stereocenters. The minimum absolute atomic E-state index is 0.0442. The largest absolute Gasteiger partial charge is 0.378 e. The highest BCUT2D eigenvalue weighted by atomic mass is 16.5. The maximum atomic E-state index is 12.3. The molecule has 0 spiro atoms. The smallest absolute Gasteiger partial charge is 0.229 e. The average Bonchev–Trinajstić information content (AvgIpc) is 2.57. The Bertz CT molecular complexity index is 506. The number of ether oxygens (including phenoxy) is 1. The van der Waals surface area contributed by atoms with E-state index in [0.29, 0.717) is 13.2 Å². The van der Waals surface area contributed by atoms with Gasteiger partial charge in [-0.15, -0.1) is 0 Å². The van der Waals surface area contributed by atoms with E-state index in [-0.39, 0.29) is 17.9 Å². The van der Waals surface area contributed by atoms with Gasteiger partial charge < -0.3 is 9.64 Å². The fourth-order valence-corrected chi connectivity index (χ4v) is 3.03. The molecule has 0 aliphatic carbocycles. The number of hydrogen-bond donors (Lipinski definition) is 0. The van der Waals surface area contributed by atoms with Crippen LogP contribution >= 0.6 is 0 Å². The maximum Gasteiger partial charge on any atom is 0.229 e. The Morgan fingerprint density at radius 3 is 3.00 bits per heavy atom. The van der Waals surface area contributed by atoms with Gasteiger partial charge in [-0.3, -0.25) is 14.7 Å². The number of carbonyl (C=O) groups excluding carboxylic acids is 1. The van der Waals surface area contributed by atoms with Crippen LogP contribution < -0.4 is 0 Å². The number of pyridine rings is 1. The van der Waals surface area contributed by atoms with Crippen molar-refractivity contribution in [2.24, 2.45) is 5.92 Å². The number of fused-ring (bicyclic) bond motifs is 3. The Balaban J connectivity index is 1.77. The second kappa shape index (κ2) is 5.50. The maximum absolute atomic E-state index is 12.3. The third-order valence-electron chi connectivity index (χ3n) is 4.15. The summed E-state index contributed by atoms with van der Waals surface area (Å²) in [4.78, 5) is 21.0. The molecule has 108 valence electrons. The first-order valence-electron chi connectivity index (χ1n) is 7.13. The molecule has 3 heterocycles. The standard InChI is InChI=1S/C15H21N3O2/c1-11-4-3-5-13(16-11)7-18-6-12-9-20-10-14(8-18)17(2)15(12)19/h3-5,12,14H,6-10H2,1-2H3/t12-,14+/m1/s1. The molecule has 5 nitrogen and oxygen atoms in total. The third-order valence-corrected chi connectivity index (χ3v) is 4.15. The van der Waals surface area contributed by atoms with Crippen LogP contribution in [0, 0.1) is 12.8 Å². The van der Waals surface area contributed by atoms with E-state index >= 15 is 0 Å². The Morgan fingerprint density at radius 1 is 1.35 bits per heavy atom. The Kier molecular flexibility index (Phi) is 3.72. The lowest BCUT2D eigenvalue weighted by molar-refractivity contribution is -0.133. The topological polar surface area (TPSA) is 45.7 Å². The Morgan fingerprint density at radius 2 is 2.20 bits per heavy atom. The van der Waals surface area contributed by atoms with E-state index in [1.807, 2.05) is 31.0 Å². The van der Waals surface area contributed by atoms with Gasteiger partial charge in [0.25, 0.3) is 0 Å². The zero-order valence-corrected chi connectivity index (χ0v) is 12.1. The van der Waals surface area contributed by atoms with Gasteiger partial charge in [0.1, 0.15) is 0 Å². The monoisotopic (exact) mass is 275 g/mol. The van der Waals surface area contributed by atoms with Crippen LogP contribution in [0.5, 0.6) is 0 Å². The molecule has 2 fully saturated rings. The number of aromatic nitrogens is 1. The van der Waals surface area contributed by atoms with E-state index < -0.39 is 0 Å². The lowest BCUT2D eigenvalue weighted by Gasteiger charge is -2.29. The predicted octanol–water partition coefficient (Wildman–Crippen LogP) is 0.679. The summed E-state index contributed by atoms with van der Waals surface area (Å²) in [5.41, 5.74) is 2.11. The van der Waals surface area contributed by atoms with E-state index in [1.165, 1.54) is 0 Å². The fourth-order valence-electron chi connectivity index (χ4n) is 3.03. The van der Waals surface area contributed by atoms with Gasteiger partial charge in [0.2, 0.25) is 5.91 Å². The van der Waals surface area contributed by atoms with Crippen molar-refractivity contribution in [1.82, 2.24) is 14.8 Å². The summed E-state index contributed by atoms with van der Waals surface area (Å²) in [5, 5.41) is 0. The van der Waals surface area contributed by atoms with Gasteiger partial charge in [-0.2, -0.15) is 0 Å². The van der Waals surface area contributed by atoms with Gasteiger partial charge in [0.05, 0.1) is 30.9 Å². The molecule has 0 N–H and O–H groups in total. The highest BCUT2D eigenvalue weighted by Crippen LogP contribution is 2.20. The average molecular weight is 275 g/mol. The Labute approximate surface area is 119 Å². The summed E-state index contributed by atoms with van der Waals surface area (Å²) >= 11 is 0. The van der Waals surface area contributed by atoms with Crippen molar-refractivity contribution < 1.29 is 9.53 Å². The fraction of sp³-hybridized carbons (Fsp3) is 0.600. The molecule has 0 unspecified atom stereocenters. The zero-order chi connectivity index (χ0) is 14.1. The first kappa shape index (κ1) is 13.5. The third kappa shape index (κ3) is 2.69. The summed E-state index contributed by atoms with van der Waals surface area (Å²) in [7, 11) is 1.89. The summed E-state index contributed by atoms with van der Waals surface area (Å²) in [6.07, 6.45) is 0. The molecule has 2 bridgehead atoms. The van der Waals surface area contributed by atoms with Crippen molar-refractivity contribution in [2.45, 2.75) is 19.5 Å². The predicted molar refractivity (Wildman–Crippen MR) is 75.1 cm³/mol. The molecule has 20 heavy (non-hydrogen) atoms.